The molecule has 0 aromatic heterocycles. The number of nitrogens with one attached hydrogen (secondary N) is 2. The van der Waals surface area contributed by atoms with E-state index in [0.29, 0.717) is 23.4 Å². The van der Waals surface area contributed by atoms with Gasteiger partial charge in [-0.1, -0.05) is 54.1 Å². The highest BCUT2D eigenvalue weighted by Gasteiger charge is 2.20. The highest BCUT2D eigenvalue weighted by atomic mass is 32.2. The molecular weight excluding hydrogens is 422 g/mol. The van der Waals surface area contributed by atoms with E-state index in [1.54, 1.807) is 31.2 Å². The predicted octanol–water partition coefficient (Wildman–Crippen LogP) is 4.14. The number of sulfonamides is 1. The lowest BCUT2D eigenvalue weighted by Gasteiger charge is -2.25. The van der Waals surface area contributed by atoms with Gasteiger partial charge in [-0.05, 0) is 63.3 Å². The van der Waals surface area contributed by atoms with Crippen molar-refractivity contribution in [1.29, 1.82) is 0 Å². The van der Waals surface area contributed by atoms with E-state index in [2.05, 4.69) is 10.0 Å². The normalized spacial score (nSPS) is 12.4. The Morgan fingerprint density at radius 2 is 1.59 bits per heavy atom. The van der Waals surface area contributed by atoms with Crippen LogP contribution in [0.2, 0.25) is 0 Å². The third-order valence-corrected chi connectivity index (χ3v) is 6.83. The Morgan fingerprint density at radius 3 is 2.22 bits per heavy atom. The van der Waals surface area contributed by atoms with Crippen LogP contribution in [0, 0.1) is 13.8 Å². The zero-order valence-electron chi connectivity index (χ0n) is 18.8. The molecule has 0 saturated heterocycles. The molecule has 3 aromatic rings. The van der Waals surface area contributed by atoms with Gasteiger partial charge in [0.1, 0.15) is 0 Å². The highest BCUT2D eigenvalue weighted by molar-refractivity contribution is 7.92. The van der Waals surface area contributed by atoms with Crippen LogP contribution in [0.3, 0.4) is 0 Å². The molecule has 0 saturated carbocycles. The number of nitrogens with zero attached hydrogens (tertiary/aromatic N) is 1. The molecule has 3 rings (SSSR count). The van der Waals surface area contributed by atoms with Crippen molar-refractivity contribution in [2.45, 2.75) is 24.8 Å². The number of aryl methyl sites for hydroxylation is 2. The minimum atomic E-state index is -3.84. The van der Waals surface area contributed by atoms with E-state index in [1.165, 1.54) is 6.07 Å². The SMILES string of the molecule is Cc1ccc(NS(=O)(=O)c2cc(C(=O)NC[C@H](c3ccccc3)N(C)C)ccc2C)cc1. The average molecular weight is 452 g/mol. The van der Waals surface area contributed by atoms with Gasteiger partial charge in [0.15, 0.2) is 0 Å². The van der Waals surface area contributed by atoms with Crippen LogP contribution in [0.4, 0.5) is 5.69 Å². The topological polar surface area (TPSA) is 78.5 Å². The van der Waals surface area contributed by atoms with Gasteiger partial charge in [0, 0.05) is 17.8 Å². The van der Waals surface area contributed by atoms with E-state index >= 15 is 0 Å². The van der Waals surface area contributed by atoms with Gasteiger partial charge >= 0.3 is 0 Å². The number of benzene rings is 3. The predicted molar refractivity (Wildman–Crippen MR) is 128 cm³/mol. The fourth-order valence-corrected chi connectivity index (χ4v) is 4.76. The van der Waals surface area contributed by atoms with E-state index in [4.69, 9.17) is 0 Å². The molecule has 7 heteroatoms. The zero-order valence-corrected chi connectivity index (χ0v) is 19.6. The van der Waals surface area contributed by atoms with Crippen molar-refractivity contribution in [3.05, 3.63) is 95.1 Å². The molecule has 1 atom stereocenters. The molecule has 6 nitrogen and oxygen atoms in total. The molecule has 32 heavy (non-hydrogen) atoms. The first-order chi connectivity index (χ1) is 15.2. The van der Waals surface area contributed by atoms with E-state index in [0.717, 1.165) is 11.1 Å². The number of rotatable bonds is 8. The molecule has 0 radical (unpaired) electrons. The van der Waals surface area contributed by atoms with E-state index < -0.39 is 10.0 Å². The summed E-state index contributed by atoms with van der Waals surface area (Å²) >= 11 is 0. The summed E-state index contributed by atoms with van der Waals surface area (Å²) < 4.78 is 28.5. The van der Waals surface area contributed by atoms with Crippen LogP contribution in [-0.4, -0.2) is 39.9 Å². The van der Waals surface area contributed by atoms with E-state index in [-0.39, 0.29) is 16.8 Å². The molecule has 0 bridgehead atoms. The summed E-state index contributed by atoms with van der Waals surface area (Å²) in [5.74, 6) is -0.320. The molecular formula is C25H29N3O3S. The van der Waals surface area contributed by atoms with Gasteiger partial charge in [-0.15, -0.1) is 0 Å². The monoisotopic (exact) mass is 451 g/mol. The summed E-state index contributed by atoms with van der Waals surface area (Å²) in [6, 6.07) is 21.7. The fraction of sp³-hybridized carbons (Fsp3) is 0.240. The third kappa shape index (κ3) is 5.75. The van der Waals surface area contributed by atoms with Gasteiger partial charge in [0.25, 0.3) is 15.9 Å². The van der Waals surface area contributed by atoms with Gasteiger partial charge in [-0.25, -0.2) is 8.42 Å². The van der Waals surface area contributed by atoms with Crippen LogP contribution in [0.1, 0.15) is 33.1 Å². The lowest BCUT2D eigenvalue weighted by molar-refractivity contribution is 0.0941. The van der Waals surface area contributed by atoms with Gasteiger partial charge in [0.2, 0.25) is 0 Å². The average Bonchev–Trinajstić information content (AvgIpc) is 2.76. The molecule has 0 aliphatic carbocycles. The largest absolute Gasteiger partial charge is 0.350 e. The number of hydrogen-bond donors (Lipinski definition) is 2. The molecule has 0 aliphatic rings. The molecule has 0 spiro atoms. The number of anilines is 1. The lowest BCUT2D eigenvalue weighted by atomic mass is 10.1. The Labute approximate surface area is 190 Å². The number of likely N-dealkylation sites (N-methyl/N-ethyl adjacent to an activating group) is 1. The number of amides is 1. The molecule has 1 amide bonds. The summed E-state index contributed by atoms with van der Waals surface area (Å²) in [5, 5.41) is 2.94. The Bertz CT molecular complexity index is 1170. The Kier molecular flexibility index (Phi) is 7.33. The van der Waals surface area contributed by atoms with Crippen LogP contribution in [0.25, 0.3) is 0 Å². The molecule has 0 fully saturated rings. The van der Waals surface area contributed by atoms with Crippen LogP contribution in [0.5, 0.6) is 0 Å². The van der Waals surface area contributed by atoms with Gasteiger partial charge in [-0.2, -0.15) is 0 Å². The van der Waals surface area contributed by atoms with Crippen molar-refractivity contribution in [3.8, 4) is 0 Å². The van der Waals surface area contributed by atoms with Crippen molar-refractivity contribution in [2.24, 2.45) is 0 Å². The third-order valence-electron chi connectivity index (χ3n) is 5.31. The molecule has 168 valence electrons. The number of hydrogen-bond acceptors (Lipinski definition) is 4. The van der Waals surface area contributed by atoms with Crippen LogP contribution >= 0.6 is 0 Å². The zero-order chi connectivity index (χ0) is 23.3. The minimum Gasteiger partial charge on any atom is -0.350 e. The van der Waals surface area contributed by atoms with E-state index in [9.17, 15) is 13.2 Å². The summed E-state index contributed by atoms with van der Waals surface area (Å²) in [6.45, 7) is 4.04. The Hall–Kier alpha value is -3.16. The van der Waals surface area contributed by atoms with Crippen LogP contribution in [0.15, 0.2) is 77.7 Å². The fourth-order valence-electron chi connectivity index (χ4n) is 3.43. The van der Waals surface area contributed by atoms with Gasteiger partial charge in [0.05, 0.1) is 10.9 Å². The Morgan fingerprint density at radius 1 is 0.938 bits per heavy atom. The number of carbonyl (C=O) groups is 1. The van der Waals surface area contributed by atoms with E-state index in [1.807, 2.05) is 68.4 Å². The van der Waals surface area contributed by atoms with Crippen molar-refractivity contribution < 1.29 is 13.2 Å². The van der Waals surface area contributed by atoms with Crippen LogP contribution < -0.4 is 10.0 Å². The maximum atomic E-state index is 13.0. The molecule has 0 heterocycles. The highest BCUT2D eigenvalue weighted by Crippen LogP contribution is 2.22. The van der Waals surface area contributed by atoms with Gasteiger partial charge in [-0.3, -0.25) is 9.52 Å². The smallest absolute Gasteiger partial charge is 0.262 e. The maximum Gasteiger partial charge on any atom is 0.262 e. The Balaban J connectivity index is 1.78. The second-order valence-corrected chi connectivity index (χ2v) is 9.70. The van der Waals surface area contributed by atoms with Crippen molar-refractivity contribution >= 4 is 21.6 Å². The first kappa shape index (κ1) is 23.5. The second kappa shape index (κ2) is 9.97. The second-order valence-electron chi connectivity index (χ2n) is 8.05. The van der Waals surface area contributed by atoms with Crippen molar-refractivity contribution in [1.82, 2.24) is 10.2 Å². The lowest BCUT2D eigenvalue weighted by Crippen LogP contribution is -2.34. The minimum absolute atomic E-state index is 0.00277. The summed E-state index contributed by atoms with van der Waals surface area (Å²) in [7, 11) is 0.0722. The summed E-state index contributed by atoms with van der Waals surface area (Å²) in [6.07, 6.45) is 0. The summed E-state index contributed by atoms with van der Waals surface area (Å²) in [4.78, 5) is 15.0. The van der Waals surface area contributed by atoms with Crippen LogP contribution in [-0.2, 0) is 10.0 Å². The number of carbonyl (C=O) groups excluding carboxylic acids is 1. The molecule has 0 aliphatic heterocycles. The first-order valence-corrected chi connectivity index (χ1v) is 11.9. The molecule has 2 N–H and O–H groups in total. The quantitative estimate of drug-likeness (QED) is 0.540. The van der Waals surface area contributed by atoms with Crippen molar-refractivity contribution in [2.75, 3.05) is 25.4 Å². The van der Waals surface area contributed by atoms with Crippen molar-refractivity contribution in [3.63, 3.8) is 0 Å². The summed E-state index contributed by atoms with van der Waals surface area (Å²) in [5.41, 5.74) is 3.46. The molecule has 3 aromatic carbocycles. The molecule has 0 unspecified atom stereocenters. The standard InChI is InChI=1S/C25H29N3O3S/c1-18-10-14-22(15-11-18)27-32(30,31)24-16-21(13-12-19(24)2)25(29)26-17-23(28(3)4)20-8-6-5-7-9-20/h5-16,23,27H,17H2,1-4H3,(H,26,29)/t23-/m1/s1. The van der Waals surface area contributed by atoms with Gasteiger partial charge < -0.3 is 10.2 Å². The first-order valence-electron chi connectivity index (χ1n) is 10.4. The maximum absolute atomic E-state index is 13.0.